The van der Waals surface area contributed by atoms with Crippen molar-refractivity contribution in [1.82, 2.24) is 40.4 Å². The molecule has 3 aromatic heterocycles. The van der Waals surface area contributed by atoms with E-state index in [2.05, 4.69) is 35.8 Å². The Morgan fingerprint density at radius 2 is 1.56 bits per heavy atom. The van der Waals surface area contributed by atoms with Gasteiger partial charge in [-0.15, -0.1) is 20.4 Å². The molecule has 0 radical (unpaired) electrons. The van der Waals surface area contributed by atoms with Gasteiger partial charge in [-0.1, -0.05) is 48.5 Å². The molecule has 0 saturated heterocycles. The summed E-state index contributed by atoms with van der Waals surface area (Å²) in [6, 6.07) is 15.7. The van der Waals surface area contributed by atoms with Crippen LogP contribution in [0.5, 0.6) is 0 Å². The SMILES string of the molecule is Cc1nc2c(C=O)nnc(C=O)c2n1Cc1ccccc1-c1ccccc1-c1nn[nH]n1. The lowest BCUT2D eigenvalue weighted by Gasteiger charge is -2.14. The first kappa shape index (κ1) is 19.4. The van der Waals surface area contributed by atoms with Gasteiger partial charge in [-0.2, -0.15) is 5.21 Å². The topological polar surface area (TPSA) is 132 Å². The lowest BCUT2D eigenvalue weighted by molar-refractivity contribution is 0.110. The summed E-state index contributed by atoms with van der Waals surface area (Å²) in [5.74, 6) is 1.14. The lowest BCUT2D eigenvalue weighted by atomic mass is 9.95. The highest BCUT2D eigenvalue weighted by Crippen LogP contribution is 2.33. The van der Waals surface area contributed by atoms with Crippen molar-refractivity contribution in [3.63, 3.8) is 0 Å². The number of carbonyl (C=O) groups is 2. The van der Waals surface area contributed by atoms with E-state index < -0.39 is 0 Å². The zero-order valence-electron chi connectivity index (χ0n) is 16.9. The molecule has 32 heavy (non-hydrogen) atoms. The first-order valence-electron chi connectivity index (χ1n) is 9.76. The Labute approximate surface area is 181 Å². The van der Waals surface area contributed by atoms with Gasteiger partial charge in [-0.05, 0) is 28.8 Å². The van der Waals surface area contributed by atoms with Gasteiger partial charge in [0.1, 0.15) is 16.9 Å². The average molecular weight is 424 g/mol. The summed E-state index contributed by atoms with van der Waals surface area (Å²) in [5, 5.41) is 22.1. The molecule has 5 rings (SSSR count). The van der Waals surface area contributed by atoms with Crippen LogP contribution in [0.25, 0.3) is 33.5 Å². The van der Waals surface area contributed by atoms with Gasteiger partial charge in [-0.25, -0.2) is 4.98 Å². The Balaban J connectivity index is 1.69. The van der Waals surface area contributed by atoms with E-state index in [1.54, 1.807) is 0 Å². The van der Waals surface area contributed by atoms with Gasteiger partial charge < -0.3 is 4.57 Å². The van der Waals surface area contributed by atoms with Crippen LogP contribution in [0.1, 0.15) is 32.4 Å². The minimum absolute atomic E-state index is 0.100. The van der Waals surface area contributed by atoms with E-state index in [1.807, 2.05) is 60.0 Å². The Morgan fingerprint density at radius 1 is 0.875 bits per heavy atom. The number of imidazole rings is 1. The van der Waals surface area contributed by atoms with Gasteiger partial charge in [0.2, 0.25) is 5.82 Å². The van der Waals surface area contributed by atoms with Gasteiger partial charge in [-0.3, -0.25) is 9.59 Å². The zero-order valence-corrected chi connectivity index (χ0v) is 16.9. The summed E-state index contributed by atoms with van der Waals surface area (Å²) in [6.07, 6.45) is 1.22. The van der Waals surface area contributed by atoms with Crippen LogP contribution in [-0.2, 0) is 6.54 Å². The van der Waals surface area contributed by atoms with Crippen LogP contribution in [0.3, 0.4) is 0 Å². The number of carbonyl (C=O) groups excluding carboxylic acids is 2. The standard InChI is InChI=1S/C22H16N8O2/c1-13-23-20-18(11-31)24-25-19(12-32)21(20)30(13)10-14-6-2-3-7-15(14)16-8-4-5-9-17(16)22-26-28-29-27-22/h2-9,11-12H,10H2,1H3,(H,26,27,28,29). The molecule has 5 aromatic rings. The van der Waals surface area contributed by atoms with Crippen LogP contribution >= 0.6 is 0 Å². The predicted molar refractivity (Wildman–Crippen MR) is 115 cm³/mol. The van der Waals surface area contributed by atoms with Crippen molar-refractivity contribution in [2.45, 2.75) is 13.5 Å². The van der Waals surface area contributed by atoms with E-state index in [0.717, 1.165) is 22.3 Å². The second-order valence-electron chi connectivity index (χ2n) is 7.09. The number of nitrogens with zero attached hydrogens (tertiary/aromatic N) is 7. The monoisotopic (exact) mass is 424 g/mol. The summed E-state index contributed by atoms with van der Waals surface area (Å²) in [5.41, 5.74) is 4.81. The molecule has 0 bridgehead atoms. The number of aromatic amines is 1. The number of hydrogen-bond acceptors (Lipinski definition) is 8. The molecule has 0 atom stereocenters. The van der Waals surface area contributed by atoms with Crippen molar-refractivity contribution >= 4 is 23.6 Å². The zero-order chi connectivity index (χ0) is 22.1. The molecule has 0 saturated carbocycles. The fourth-order valence-corrected chi connectivity index (χ4v) is 3.84. The van der Waals surface area contributed by atoms with Crippen LogP contribution < -0.4 is 0 Å². The maximum absolute atomic E-state index is 11.6. The summed E-state index contributed by atoms with van der Waals surface area (Å²) >= 11 is 0. The van der Waals surface area contributed by atoms with Crippen LogP contribution in [0.15, 0.2) is 48.5 Å². The minimum Gasteiger partial charge on any atom is -0.322 e. The van der Waals surface area contributed by atoms with Gasteiger partial charge in [0.15, 0.2) is 24.0 Å². The number of aryl methyl sites for hydroxylation is 1. The molecule has 3 heterocycles. The third-order valence-electron chi connectivity index (χ3n) is 5.28. The Morgan fingerprint density at radius 3 is 2.28 bits per heavy atom. The third-order valence-corrected chi connectivity index (χ3v) is 5.28. The lowest BCUT2D eigenvalue weighted by Crippen LogP contribution is -2.07. The van der Waals surface area contributed by atoms with E-state index in [1.165, 1.54) is 0 Å². The number of fused-ring (bicyclic) bond motifs is 1. The van der Waals surface area contributed by atoms with Crippen LogP contribution in [-0.4, -0.2) is 52.9 Å². The smallest absolute Gasteiger partial charge is 0.205 e. The van der Waals surface area contributed by atoms with Crippen LogP contribution in [0, 0.1) is 6.92 Å². The number of tetrazole rings is 1. The molecule has 0 spiro atoms. The number of H-pyrrole nitrogens is 1. The number of rotatable bonds is 6. The Hall–Kier alpha value is -4.60. The fourth-order valence-electron chi connectivity index (χ4n) is 3.84. The molecule has 2 aromatic carbocycles. The summed E-state index contributed by atoms with van der Waals surface area (Å²) in [7, 11) is 0. The quantitative estimate of drug-likeness (QED) is 0.411. The largest absolute Gasteiger partial charge is 0.322 e. The molecule has 156 valence electrons. The molecule has 10 heteroatoms. The highest BCUT2D eigenvalue weighted by molar-refractivity contribution is 5.99. The van der Waals surface area contributed by atoms with Gasteiger partial charge >= 0.3 is 0 Å². The molecular weight excluding hydrogens is 408 g/mol. The van der Waals surface area contributed by atoms with Crippen LogP contribution in [0.2, 0.25) is 0 Å². The van der Waals surface area contributed by atoms with E-state index in [-0.39, 0.29) is 11.4 Å². The van der Waals surface area contributed by atoms with E-state index in [0.29, 0.717) is 41.8 Å². The average Bonchev–Trinajstić information content (AvgIpc) is 3.48. The predicted octanol–water partition coefficient (Wildman–Crippen LogP) is 2.66. The Bertz CT molecular complexity index is 1460. The van der Waals surface area contributed by atoms with E-state index in [9.17, 15) is 9.59 Å². The number of hydrogen-bond donors (Lipinski definition) is 1. The molecule has 0 fully saturated rings. The molecule has 0 unspecified atom stereocenters. The third kappa shape index (κ3) is 3.14. The summed E-state index contributed by atoms with van der Waals surface area (Å²) in [6.45, 7) is 2.23. The summed E-state index contributed by atoms with van der Waals surface area (Å²) in [4.78, 5) is 27.6. The maximum Gasteiger partial charge on any atom is 0.205 e. The molecule has 0 aliphatic rings. The van der Waals surface area contributed by atoms with Crippen molar-refractivity contribution in [3.8, 4) is 22.5 Å². The molecule has 0 aliphatic carbocycles. The molecular formula is C22H16N8O2. The molecule has 10 nitrogen and oxygen atoms in total. The first-order chi connectivity index (χ1) is 15.7. The van der Waals surface area contributed by atoms with Crippen molar-refractivity contribution < 1.29 is 9.59 Å². The second kappa shape index (κ2) is 7.91. The molecule has 0 aliphatic heterocycles. The second-order valence-corrected chi connectivity index (χ2v) is 7.09. The first-order valence-corrected chi connectivity index (χ1v) is 9.76. The summed E-state index contributed by atoms with van der Waals surface area (Å²) < 4.78 is 1.87. The van der Waals surface area contributed by atoms with Crippen molar-refractivity contribution in [3.05, 3.63) is 71.3 Å². The van der Waals surface area contributed by atoms with Gasteiger partial charge in [0, 0.05) is 5.56 Å². The van der Waals surface area contributed by atoms with Crippen molar-refractivity contribution in [2.75, 3.05) is 0 Å². The van der Waals surface area contributed by atoms with Crippen LogP contribution in [0.4, 0.5) is 0 Å². The Kier molecular flexibility index (Phi) is 4.79. The van der Waals surface area contributed by atoms with E-state index >= 15 is 0 Å². The van der Waals surface area contributed by atoms with Crippen molar-refractivity contribution in [1.29, 1.82) is 0 Å². The van der Waals surface area contributed by atoms with E-state index in [4.69, 9.17) is 0 Å². The number of aldehydes is 2. The number of benzene rings is 2. The van der Waals surface area contributed by atoms with Gasteiger partial charge in [0.25, 0.3) is 0 Å². The maximum atomic E-state index is 11.6. The normalized spacial score (nSPS) is 11.0. The number of aromatic nitrogens is 8. The van der Waals surface area contributed by atoms with Crippen molar-refractivity contribution in [2.24, 2.45) is 0 Å². The highest BCUT2D eigenvalue weighted by atomic mass is 16.1. The molecule has 1 N–H and O–H groups in total. The molecule has 0 amide bonds. The number of nitrogens with one attached hydrogen (secondary N) is 1. The fraction of sp³-hybridized carbons (Fsp3) is 0.0909. The minimum atomic E-state index is 0.100. The van der Waals surface area contributed by atoms with Gasteiger partial charge in [0.05, 0.1) is 6.54 Å². The highest BCUT2D eigenvalue weighted by Gasteiger charge is 2.19.